The summed E-state index contributed by atoms with van der Waals surface area (Å²) < 4.78 is 12.4. The van der Waals surface area contributed by atoms with Gasteiger partial charge in [-0.15, -0.1) is 10.0 Å². The predicted octanol–water partition coefficient (Wildman–Crippen LogP) is 12.3. The lowest BCUT2D eigenvalue weighted by Gasteiger charge is -2.42. The molecule has 0 aliphatic rings. The van der Waals surface area contributed by atoms with E-state index in [9.17, 15) is 0 Å². The zero-order chi connectivity index (χ0) is 31.8. The van der Waals surface area contributed by atoms with E-state index in [0.29, 0.717) is 5.58 Å². The molecule has 3 heterocycles. The third-order valence-corrected chi connectivity index (χ3v) is 12.4. The van der Waals surface area contributed by atoms with Gasteiger partial charge in [0.2, 0.25) is 0 Å². The average molecular weight is 629 g/mol. The van der Waals surface area contributed by atoms with Gasteiger partial charge in [0.25, 0.3) is 0 Å². The SMILES string of the molecule is CC.c1ccc(S(c2ccccc2)(c2ccccc2)c2ccc3oc4ccc(-c5ccc6oc7cncnc7c6c5)cc4c3c2)cc1. The van der Waals surface area contributed by atoms with Crippen molar-refractivity contribution in [2.24, 2.45) is 0 Å². The minimum Gasteiger partial charge on any atom is -0.456 e. The molecule has 5 heteroatoms. The number of hydrogen-bond acceptors (Lipinski definition) is 4. The highest BCUT2D eigenvalue weighted by atomic mass is 32.3. The summed E-state index contributed by atoms with van der Waals surface area (Å²) in [5.74, 6) is 0. The highest BCUT2D eigenvalue weighted by molar-refractivity contribution is 8.34. The number of fused-ring (bicyclic) bond motifs is 6. The number of nitrogens with zero attached hydrogens (tertiary/aromatic N) is 2. The molecular weight excluding hydrogens is 597 g/mol. The van der Waals surface area contributed by atoms with E-state index in [0.717, 1.165) is 49.6 Å². The smallest absolute Gasteiger partial charge is 0.172 e. The Bertz CT molecular complexity index is 2390. The molecule has 0 atom stereocenters. The van der Waals surface area contributed by atoms with Gasteiger partial charge in [0.15, 0.2) is 5.58 Å². The predicted molar refractivity (Wildman–Crippen MR) is 193 cm³/mol. The quantitative estimate of drug-likeness (QED) is 0.190. The molecule has 0 bridgehead atoms. The van der Waals surface area contributed by atoms with Crippen molar-refractivity contribution in [3.8, 4) is 11.1 Å². The fourth-order valence-corrected chi connectivity index (χ4v) is 10.4. The van der Waals surface area contributed by atoms with Crippen molar-refractivity contribution in [3.63, 3.8) is 0 Å². The molecule has 0 amide bonds. The van der Waals surface area contributed by atoms with Crippen LogP contribution >= 0.6 is 10.0 Å². The molecule has 228 valence electrons. The van der Waals surface area contributed by atoms with E-state index in [4.69, 9.17) is 8.83 Å². The maximum Gasteiger partial charge on any atom is 0.172 e. The lowest BCUT2D eigenvalue weighted by atomic mass is 10.0. The summed E-state index contributed by atoms with van der Waals surface area (Å²) >= 11 is 0. The second-order valence-electron chi connectivity index (χ2n) is 11.1. The second-order valence-corrected chi connectivity index (χ2v) is 14.2. The van der Waals surface area contributed by atoms with Crippen LogP contribution in [0.25, 0.3) is 55.1 Å². The van der Waals surface area contributed by atoms with Gasteiger partial charge in [0, 0.05) is 35.7 Å². The number of hydrogen-bond donors (Lipinski definition) is 0. The summed E-state index contributed by atoms with van der Waals surface area (Å²) in [5, 5.41) is 3.17. The van der Waals surface area contributed by atoms with Crippen molar-refractivity contribution in [1.29, 1.82) is 0 Å². The van der Waals surface area contributed by atoms with Crippen LogP contribution in [-0.4, -0.2) is 9.97 Å². The fourth-order valence-electron chi connectivity index (χ4n) is 6.51. The second kappa shape index (κ2) is 11.9. The Labute approximate surface area is 274 Å². The molecule has 6 aromatic carbocycles. The summed E-state index contributed by atoms with van der Waals surface area (Å²) in [6.07, 6.45) is 3.28. The van der Waals surface area contributed by atoms with Gasteiger partial charge in [-0.25, -0.2) is 9.97 Å². The molecular formula is C42H32N2O2S. The largest absolute Gasteiger partial charge is 0.456 e. The van der Waals surface area contributed by atoms with Crippen molar-refractivity contribution in [1.82, 2.24) is 9.97 Å². The van der Waals surface area contributed by atoms with Gasteiger partial charge in [0.1, 0.15) is 28.6 Å². The van der Waals surface area contributed by atoms with Crippen molar-refractivity contribution in [3.05, 3.63) is 158 Å². The van der Waals surface area contributed by atoms with Crippen molar-refractivity contribution >= 4 is 54.0 Å². The van der Waals surface area contributed by atoms with Crippen LogP contribution in [-0.2, 0) is 0 Å². The zero-order valence-electron chi connectivity index (χ0n) is 26.1. The van der Waals surface area contributed by atoms with E-state index < -0.39 is 10.0 Å². The summed E-state index contributed by atoms with van der Waals surface area (Å²) in [5.41, 5.74) is 6.26. The minimum absolute atomic E-state index is 0.690. The molecule has 4 nitrogen and oxygen atoms in total. The first-order valence-electron chi connectivity index (χ1n) is 15.9. The third-order valence-electron chi connectivity index (χ3n) is 8.55. The summed E-state index contributed by atoms with van der Waals surface area (Å²) in [6.45, 7) is 4.00. The average Bonchev–Trinajstić information content (AvgIpc) is 3.71. The molecule has 0 aliphatic heterocycles. The molecule has 3 aromatic heterocycles. The Hall–Kier alpha value is -5.65. The van der Waals surface area contributed by atoms with Crippen molar-refractivity contribution in [2.45, 2.75) is 33.4 Å². The van der Waals surface area contributed by atoms with Gasteiger partial charge >= 0.3 is 0 Å². The van der Waals surface area contributed by atoms with E-state index in [1.165, 1.54) is 19.6 Å². The van der Waals surface area contributed by atoms with Crippen LogP contribution in [0, 0.1) is 0 Å². The zero-order valence-corrected chi connectivity index (χ0v) is 26.9. The van der Waals surface area contributed by atoms with E-state index in [-0.39, 0.29) is 0 Å². The summed E-state index contributed by atoms with van der Waals surface area (Å²) in [7, 11) is -1.81. The van der Waals surface area contributed by atoms with E-state index in [1.807, 2.05) is 19.9 Å². The van der Waals surface area contributed by atoms with Crippen LogP contribution in [0.1, 0.15) is 13.8 Å². The molecule has 0 saturated heterocycles. The number of benzene rings is 6. The van der Waals surface area contributed by atoms with Gasteiger partial charge in [-0.1, -0.05) is 80.6 Å². The first-order chi connectivity index (χ1) is 23.3. The minimum atomic E-state index is -1.81. The van der Waals surface area contributed by atoms with Crippen LogP contribution in [0.5, 0.6) is 0 Å². The molecule has 9 rings (SSSR count). The van der Waals surface area contributed by atoms with Crippen LogP contribution in [0.2, 0.25) is 0 Å². The van der Waals surface area contributed by atoms with Crippen LogP contribution in [0.15, 0.2) is 187 Å². The molecule has 0 saturated carbocycles. The van der Waals surface area contributed by atoms with Crippen molar-refractivity contribution < 1.29 is 8.83 Å². The number of aromatic nitrogens is 2. The van der Waals surface area contributed by atoms with Gasteiger partial charge in [-0.05, 0) is 90.0 Å². The molecule has 0 N–H and O–H groups in total. The number of rotatable bonds is 5. The normalized spacial score (nSPS) is 12.0. The maximum atomic E-state index is 6.42. The Kier molecular flexibility index (Phi) is 7.31. The Morgan fingerprint density at radius 2 is 0.915 bits per heavy atom. The summed E-state index contributed by atoms with van der Waals surface area (Å²) in [4.78, 5) is 13.7. The molecule has 9 aromatic rings. The lowest BCUT2D eigenvalue weighted by molar-refractivity contribution is 0.665. The van der Waals surface area contributed by atoms with Crippen LogP contribution in [0.4, 0.5) is 0 Å². The van der Waals surface area contributed by atoms with Crippen LogP contribution in [0.3, 0.4) is 0 Å². The Morgan fingerprint density at radius 3 is 1.49 bits per heavy atom. The van der Waals surface area contributed by atoms with Gasteiger partial charge in [-0.3, -0.25) is 0 Å². The first-order valence-corrected chi connectivity index (χ1v) is 17.5. The molecule has 0 unspecified atom stereocenters. The van der Waals surface area contributed by atoms with E-state index >= 15 is 0 Å². The fraction of sp³-hybridized carbons (Fsp3) is 0.0476. The molecule has 0 fully saturated rings. The van der Waals surface area contributed by atoms with Crippen molar-refractivity contribution in [2.75, 3.05) is 0 Å². The molecule has 0 aliphatic carbocycles. The Balaban J connectivity index is 0.00000159. The first kappa shape index (κ1) is 28.8. The monoisotopic (exact) mass is 628 g/mol. The topological polar surface area (TPSA) is 52.1 Å². The highest BCUT2D eigenvalue weighted by Gasteiger charge is 2.33. The van der Waals surface area contributed by atoms with Gasteiger partial charge in [0.05, 0.1) is 6.20 Å². The highest BCUT2D eigenvalue weighted by Crippen LogP contribution is 2.73. The van der Waals surface area contributed by atoms with E-state index in [1.54, 1.807) is 12.5 Å². The lowest BCUT2D eigenvalue weighted by Crippen LogP contribution is -2.04. The van der Waals surface area contributed by atoms with E-state index in [2.05, 4.69) is 149 Å². The summed E-state index contributed by atoms with van der Waals surface area (Å²) in [6, 6.07) is 52.2. The molecule has 0 spiro atoms. The third kappa shape index (κ3) is 4.70. The Morgan fingerprint density at radius 1 is 0.447 bits per heavy atom. The standard InChI is InChI=1S/C40H26N2O2S.C2H6/c1-4-10-29(11-5-1)45(30-12-6-2-7-13-30,31-14-8-3-9-15-31)32-18-21-37-34(24-32)33-22-27(16-19-36(33)43-37)28-17-20-38-35(23-28)40-39(44-38)25-41-26-42-40;1-2/h1-26H;1-2H3. The van der Waals surface area contributed by atoms with Gasteiger partial charge in [-0.2, -0.15) is 0 Å². The molecule has 47 heavy (non-hydrogen) atoms. The number of furan rings is 2. The maximum absolute atomic E-state index is 6.42. The van der Waals surface area contributed by atoms with Gasteiger partial charge < -0.3 is 8.83 Å². The van der Waals surface area contributed by atoms with Crippen LogP contribution < -0.4 is 0 Å². The molecule has 0 radical (unpaired) electrons.